The summed E-state index contributed by atoms with van der Waals surface area (Å²) in [5, 5.41) is 3.53. The molecular weight excluding hydrogens is 351 g/mol. The van der Waals surface area contributed by atoms with E-state index in [1.165, 1.54) is 0 Å². The topological polar surface area (TPSA) is 0 Å². The van der Waals surface area contributed by atoms with Crippen molar-refractivity contribution in [2.24, 2.45) is 0 Å². The number of halogens is 4. The zero-order valence-electron chi connectivity index (χ0n) is 6.82. The van der Waals surface area contributed by atoms with E-state index in [9.17, 15) is 0 Å². The lowest BCUT2D eigenvalue weighted by Gasteiger charge is -2.03. The van der Waals surface area contributed by atoms with Crippen LogP contribution in [0.1, 0.15) is 0 Å². The van der Waals surface area contributed by atoms with Gasteiger partial charge in [-0.1, -0.05) is 23.2 Å². The van der Waals surface area contributed by atoms with E-state index in [0.717, 1.165) is 19.7 Å². The number of rotatable bonds is 0. The maximum Gasteiger partial charge on any atom is 0.0554 e. The lowest BCUT2D eigenvalue weighted by Crippen LogP contribution is -1.77. The Kier molecular flexibility index (Phi) is 3.08. The van der Waals surface area contributed by atoms with Crippen molar-refractivity contribution in [3.05, 3.63) is 43.3 Å². The van der Waals surface area contributed by atoms with E-state index in [4.69, 9.17) is 23.2 Å². The van der Waals surface area contributed by atoms with Crippen LogP contribution in [-0.4, -0.2) is 0 Å². The van der Waals surface area contributed by atoms with E-state index >= 15 is 0 Å². The van der Waals surface area contributed by atoms with Crippen molar-refractivity contribution >= 4 is 65.8 Å². The predicted octanol–water partition coefficient (Wildman–Crippen LogP) is 5.67. The molecule has 72 valence electrons. The summed E-state index contributed by atoms with van der Waals surface area (Å²) in [6, 6.07) is 7.72. The molecule has 0 heterocycles. The van der Waals surface area contributed by atoms with Crippen LogP contribution in [0.4, 0.5) is 0 Å². The fourth-order valence-electron chi connectivity index (χ4n) is 1.24. The Balaban J connectivity index is 2.83. The van der Waals surface area contributed by atoms with Gasteiger partial charge in [0.05, 0.1) is 10.0 Å². The van der Waals surface area contributed by atoms with Crippen molar-refractivity contribution in [1.29, 1.82) is 0 Å². The van der Waals surface area contributed by atoms with Gasteiger partial charge in [0.25, 0.3) is 0 Å². The summed E-state index contributed by atoms with van der Waals surface area (Å²) in [6.07, 6.45) is 0. The molecule has 14 heavy (non-hydrogen) atoms. The van der Waals surface area contributed by atoms with Crippen LogP contribution in [-0.2, 0) is 0 Å². The Hall–Kier alpha value is 0.240. The average molecular weight is 355 g/mol. The third-order valence-corrected chi connectivity index (χ3v) is 4.31. The molecule has 0 amide bonds. The fraction of sp³-hybridized carbons (Fsp3) is 0. The molecule has 0 unspecified atom stereocenters. The maximum atomic E-state index is 5.98. The van der Waals surface area contributed by atoms with E-state index in [1.54, 1.807) is 0 Å². The molecule has 0 aromatic heterocycles. The highest BCUT2D eigenvalue weighted by Gasteiger charge is 2.04. The van der Waals surface area contributed by atoms with Crippen LogP contribution in [0.5, 0.6) is 0 Å². The molecule has 0 saturated carbocycles. The van der Waals surface area contributed by atoms with Gasteiger partial charge in [-0.15, -0.1) is 0 Å². The normalized spacial score (nSPS) is 10.9. The van der Waals surface area contributed by atoms with Crippen LogP contribution in [0.3, 0.4) is 0 Å². The number of benzene rings is 2. The highest BCUT2D eigenvalue weighted by atomic mass is 79.9. The standard InChI is InChI=1S/C10H4Br2Cl2/c11-7-1-5-3-10(14)8(12)2-6(5)4-9(7)13/h1-4H. The SMILES string of the molecule is Clc1cc2cc(Br)c(Cl)cc2cc1Br. The summed E-state index contributed by atoms with van der Waals surface area (Å²) in [7, 11) is 0. The first kappa shape index (κ1) is 10.7. The van der Waals surface area contributed by atoms with Crippen molar-refractivity contribution in [2.75, 3.05) is 0 Å². The molecule has 4 heteroatoms. The quantitative estimate of drug-likeness (QED) is 0.571. The molecule has 0 bridgehead atoms. The lowest BCUT2D eigenvalue weighted by molar-refractivity contribution is 1.67. The summed E-state index contributed by atoms with van der Waals surface area (Å²) in [5.74, 6) is 0. The fourth-order valence-corrected chi connectivity index (χ4v) is 2.30. The van der Waals surface area contributed by atoms with Crippen LogP contribution in [0.25, 0.3) is 10.8 Å². The van der Waals surface area contributed by atoms with Gasteiger partial charge < -0.3 is 0 Å². The smallest absolute Gasteiger partial charge is 0.0554 e. The first-order valence-corrected chi connectivity index (χ1v) is 6.16. The third-order valence-electron chi connectivity index (χ3n) is 1.92. The van der Waals surface area contributed by atoms with Crippen molar-refractivity contribution in [2.45, 2.75) is 0 Å². The van der Waals surface area contributed by atoms with Crippen LogP contribution in [0, 0.1) is 0 Å². The van der Waals surface area contributed by atoms with Gasteiger partial charge in [-0.05, 0) is 66.9 Å². The largest absolute Gasteiger partial charge is 0.0831 e. The van der Waals surface area contributed by atoms with E-state index < -0.39 is 0 Å². The molecule has 0 N–H and O–H groups in total. The zero-order chi connectivity index (χ0) is 10.3. The van der Waals surface area contributed by atoms with Gasteiger partial charge in [-0.2, -0.15) is 0 Å². The minimum Gasteiger partial charge on any atom is -0.0831 e. The molecule has 0 aliphatic heterocycles. The molecule has 2 rings (SSSR count). The van der Waals surface area contributed by atoms with E-state index in [2.05, 4.69) is 31.9 Å². The molecule has 0 nitrogen and oxygen atoms in total. The summed E-state index contributed by atoms with van der Waals surface area (Å²) >= 11 is 18.7. The second kappa shape index (κ2) is 4.01. The summed E-state index contributed by atoms with van der Waals surface area (Å²) < 4.78 is 1.76. The minimum atomic E-state index is 0.701. The van der Waals surface area contributed by atoms with Gasteiger partial charge in [-0.25, -0.2) is 0 Å². The Morgan fingerprint density at radius 3 is 1.43 bits per heavy atom. The molecule has 0 spiro atoms. The van der Waals surface area contributed by atoms with Crippen LogP contribution < -0.4 is 0 Å². The first-order chi connectivity index (χ1) is 6.58. The molecule has 0 aliphatic carbocycles. The van der Waals surface area contributed by atoms with Crippen molar-refractivity contribution < 1.29 is 0 Å². The van der Waals surface area contributed by atoms with Crippen LogP contribution >= 0.6 is 55.1 Å². The summed E-state index contributed by atoms with van der Waals surface area (Å²) in [5.41, 5.74) is 0. The van der Waals surface area contributed by atoms with Gasteiger partial charge in [0.2, 0.25) is 0 Å². The highest BCUT2D eigenvalue weighted by Crippen LogP contribution is 2.33. The van der Waals surface area contributed by atoms with Gasteiger partial charge in [0, 0.05) is 8.95 Å². The maximum absolute atomic E-state index is 5.98. The molecule has 0 atom stereocenters. The lowest BCUT2D eigenvalue weighted by atomic mass is 10.1. The zero-order valence-corrected chi connectivity index (χ0v) is 11.5. The Bertz CT molecular complexity index is 420. The Labute approximate surface area is 108 Å². The van der Waals surface area contributed by atoms with Crippen molar-refractivity contribution in [1.82, 2.24) is 0 Å². The van der Waals surface area contributed by atoms with Gasteiger partial charge in [0.1, 0.15) is 0 Å². The number of hydrogen-bond acceptors (Lipinski definition) is 0. The second-order valence-corrected chi connectivity index (χ2v) is 5.40. The molecule has 2 aromatic carbocycles. The van der Waals surface area contributed by atoms with Gasteiger partial charge in [0.15, 0.2) is 0 Å². The average Bonchev–Trinajstić information content (AvgIpc) is 2.11. The Morgan fingerprint density at radius 2 is 1.07 bits per heavy atom. The van der Waals surface area contributed by atoms with E-state index in [0.29, 0.717) is 10.0 Å². The molecule has 0 fully saturated rings. The molecule has 0 radical (unpaired) electrons. The number of fused-ring (bicyclic) bond motifs is 1. The first-order valence-electron chi connectivity index (χ1n) is 3.82. The summed E-state index contributed by atoms with van der Waals surface area (Å²) in [6.45, 7) is 0. The second-order valence-electron chi connectivity index (χ2n) is 2.88. The number of hydrogen-bond donors (Lipinski definition) is 0. The highest BCUT2D eigenvalue weighted by molar-refractivity contribution is 9.10. The summed E-state index contributed by atoms with van der Waals surface area (Å²) in [4.78, 5) is 0. The minimum absolute atomic E-state index is 0.701. The van der Waals surface area contributed by atoms with Crippen LogP contribution in [0.2, 0.25) is 10.0 Å². The third kappa shape index (κ3) is 1.94. The Morgan fingerprint density at radius 1 is 0.714 bits per heavy atom. The van der Waals surface area contributed by atoms with E-state index in [-0.39, 0.29) is 0 Å². The van der Waals surface area contributed by atoms with Crippen molar-refractivity contribution in [3.63, 3.8) is 0 Å². The van der Waals surface area contributed by atoms with Gasteiger partial charge in [-0.3, -0.25) is 0 Å². The van der Waals surface area contributed by atoms with Gasteiger partial charge >= 0.3 is 0 Å². The molecular formula is C10H4Br2Cl2. The molecule has 2 aromatic rings. The monoisotopic (exact) mass is 352 g/mol. The molecule has 0 saturated heterocycles. The molecule has 0 aliphatic rings. The van der Waals surface area contributed by atoms with Crippen LogP contribution in [0.15, 0.2) is 33.2 Å². The predicted molar refractivity (Wildman–Crippen MR) is 69.4 cm³/mol. The van der Waals surface area contributed by atoms with Crippen molar-refractivity contribution in [3.8, 4) is 0 Å². The van der Waals surface area contributed by atoms with E-state index in [1.807, 2.05) is 24.3 Å².